The first-order valence-electron chi connectivity index (χ1n) is 8.24. The molecule has 2 saturated heterocycles. The van der Waals surface area contributed by atoms with E-state index in [1.165, 1.54) is 19.3 Å². The van der Waals surface area contributed by atoms with Crippen molar-refractivity contribution in [3.8, 4) is 0 Å². The molecule has 0 aromatic carbocycles. The van der Waals surface area contributed by atoms with Gasteiger partial charge in [-0.25, -0.2) is 4.98 Å². The highest BCUT2D eigenvalue weighted by Crippen LogP contribution is 2.25. The van der Waals surface area contributed by atoms with Crippen LogP contribution in [0.25, 0.3) is 0 Å². The topological polar surface area (TPSA) is 61.4 Å². The number of carbonyl (C=O) groups is 1. The van der Waals surface area contributed by atoms with Gasteiger partial charge in [0.25, 0.3) is 0 Å². The van der Waals surface area contributed by atoms with Crippen LogP contribution in [0, 0.1) is 12.8 Å². The largest absolute Gasteiger partial charge is 0.359 e. The SMILES string of the molecule is CNC(=O)[C@@H]1CCN(c2cc(C)nc(N3CCCCC3)n2)C1. The number of amides is 1. The lowest BCUT2D eigenvalue weighted by Gasteiger charge is -2.28. The molecule has 0 saturated carbocycles. The maximum absolute atomic E-state index is 11.8. The summed E-state index contributed by atoms with van der Waals surface area (Å²) in [7, 11) is 1.70. The van der Waals surface area contributed by atoms with Crippen molar-refractivity contribution in [2.75, 3.05) is 43.0 Å². The maximum Gasteiger partial charge on any atom is 0.227 e. The van der Waals surface area contributed by atoms with Gasteiger partial charge < -0.3 is 15.1 Å². The lowest BCUT2D eigenvalue weighted by Crippen LogP contribution is -2.32. The Hall–Kier alpha value is -1.85. The molecule has 2 aliphatic heterocycles. The molecule has 3 heterocycles. The van der Waals surface area contributed by atoms with Gasteiger partial charge in [-0.3, -0.25) is 4.79 Å². The first-order valence-corrected chi connectivity index (χ1v) is 8.24. The summed E-state index contributed by atoms with van der Waals surface area (Å²) >= 11 is 0. The van der Waals surface area contributed by atoms with Crippen molar-refractivity contribution in [3.63, 3.8) is 0 Å². The monoisotopic (exact) mass is 303 g/mol. The molecule has 0 unspecified atom stereocenters. The molecule has 1 N–H and O–H groups in total. The van der Waals surface area contributed by atoms with Crippen LogP contribution in [0.4, 0.5) is 11.8 Å². The Bertz CT molecular complexity index is 541. The fourth-order valence-electron chi connectivity index (χ4n) is 3.32. The van der Waals surface area contributed by atoms with Gasteiger partial charge in [-0.05, 0) is 32.6 Å². The van der Waals surface area contributed by atoms with E-state index in [1.54, 1.807) is 7.05 Å². The average molecular weight is 303 g/mol. The number of hydrogen-bond donors (Lipinski definition) is 1. The molecule has 1 amide bonds. The highest BCUT2D eigenvalue weighted by Gasteiger charge is 2.29. The number of rotatable bonds is 3. The zero-order valence-electron chi connectivity index (χ0n) is 13.5. The molecule has 2 fully saturated rings. The summed E-state index contributed by atoms with van der Waals surface area (Å²) in [5, 5.41) is 2.75. The van der Waals surface area contributed by atoms with Gasteiger partial charge in [-0.15, -0.1) is 0 Å². The number of hydrogen-bond acceptors (Lipinski definition) is 5. The van der Waals surface area contributed by atoms with Gasteiger partial charge in [0.2, 0.25) is 11.9 Å². The number of nitrogens with zero attached hydrogens (tertiary/aromatic N) is 4. The summed E-state index contributed by atoms with van der Waals surface area (Å²) < 4.78 is 0. The fourth-order valence-corrected chi connectivity index (χ4v) is 3.32. The van der Waals surface area contributed by atoms with E-state index >= 15 is 0 Å². The van der Waals surface area contributed by atoms with Gasteiger partial charge in [-0.2, -0.15) is 4.98 Å². The third-order valence-electron chi connectivity index (χ3n) is 4.60. The second-order valence-electron chi connectivity index (χ2n) is 6.26. The Morgan fingerprint density at radius 2 is 1.95 bits per heavy atom. The van der Waals surface area contributed by atoms with Crippen LogP contribution in [0.1, 0.15) is 31.4 Å². The lowest BCUT2D eigenvalue weighted by atomic mass is 10.1. The molecule has 2 aliphatic rings. The van der Waals surface area contributed by atoms with Crippen molar-refractivity contribution in [1.82, 2.24) is 15.3 Å². The van der Waals surface area contributed by atoms with Crippen molar-refractivity contribution < 1.29 is 4.79 Å². The molecule has 0 bridgehead atoms. The Kier molecular flexibility index (Phi) is 4.45. The van der Waals surface area contributed by atoms with Crippen molar-refractivity contribution in [2.24, 2.45) is 5.92 Å². The van der Waals surface area contributed by atoms with Crippen molar-refractivity contribution in [3.05, 3.63) is 11.8 Å². The molecular weight excluding hydrogens is 278 g/mol. The van der Waals surface area contributed by atoms with Crippen LogP contribution in [0.3, 0.4) is 0 Å². The Morgan fingerprint density at radius 3 is 2.68 bits per heavy atom. The molecule has 0 radical (unpaired) electrons. The molecule has 1 aromatic rings. The van der Waals surface area contributed by atoms with Crippen molar-refractivity contribution in [2.45, 2.75) is 32.6 Å². The van der Waals surface area contributed by atoms with E-state index in [0.717, 1.165) is 50.1 Å². The normalized spacial score (nSPS) is 22.0. The van der Waals surface area contributed by atoms with Crippen molar-refractivity contribution >= 4 is 17.7 Å². The maximum atomic E-state index is 11.8. The first-order chi connectivity index (χ1) is 10.7. The summed E-state index contributed by atoms with van der Waals surface area (Å²) in [5.74, 6) is 2.00. The van der Waals surface area contributed by atoms with Crippen LogP contribution in [-0.4, -0.2) is 49.1 Å². The molecular formula is C16H25N5O. The summed E-state index contributed by atoms with van der Waals surface area (Å²) in [4.78, 5) is 25.7. The quantitative estimate of drug-likeness (QED) is 0.913. The van der Waals surface area contributed by atoms with E-state index in [4.69, 9.17) is 4.98 Å². The summed E-state index contributed by atoms with van der Waals surface area (Å²) in [6.07, 6.45) is 4.63. The number of nitrogens with one attached hydrogen (secondary N) is 1. The van der Waals surface area contributed by atoms with Crippen LogP contribution >= 0.6 is 0 Å². The van der Waals surface area contributed by atoms with Gasteiger partial charge in [-0.1, -0.05) is 0 Å². The standard InChI is InChI=1S/C16H25N5O/c1-12-10-14(21-9-6-13(11-21)15(22)17-2)19-16(18-12)20-7-4-3-5-8-20/h10,13H,3-9,11H2,1-2H3,(H,17,22)/t13-/m1/s1. The van der Waals surface area contributed by atoms with E-state index in [0.29, 0.717) is 0 Å². The molecule has 22 heavy (non-hydrogen) atoms. The van der Waals surface area contributed by atoms with Crippen molar-refractivity contribution in [1.29, 1.82) is 0 Å². The second kappa shape index (κ2) is 6.50. The molecule has 0 spiro atoms. The predicted octanol–water partition coefficient (Wildman–Crippen LogP) is 1.35. The number of carbonyl (C=O) groups excluding carboxylic acids is 1. The Morgan fingerprint density at radius 1 is 1.18 bits per heavy atom. The highest BCUT2D eigenvalue weighted by molar-refractivity contribution is 5.79. The number of piperidine rings is 1. The molecule has 120 valence electrons. The zero-order chi connectivity index (χ0) is 15.5. The minimum absolute atomic E-state index is 0.0682. The summed E-state index contributed by atoms with van der Waals surface area (Å²) in [6, 6.07) is 2.03. The van der Waals surface area contributed by atoms with E-state index in [2.05, 4.69) is 20.1 Å². The van der Waals surface area contributed by atoms with Gasteiger partial charge >= 0.3 is 0 Å². The minimum Gasteiger partial charge on any atom is -0.359 e. The molecule has 6 nitrogen and oxygen atoms in total. The smallest absolute Gasteiger partial charge is 0.227 e. The zero-order valence-corrected chi connectivity index (χ0v) is 13.5. The number of aryl methyl sites for hydroxylation is 1. The summed E-state index contributed by atoms with van der Waals surface area (Å²) in [6.45, 7) is 5.74. The Balaban J connectivity index is 1.76. The molecule has 1 atom stereocenters. The van der Waals surface area contributed by atoms with Gasteiger partial charge in [0.15, 0.2) is 0 Å². The van der Waals surface area contributed by atoms with Crippen LogP contribution < -0.4 is 15.1 Å². The number of anilines is 2. The molecule has 1 aromatic heterocycles. The van der Waals surface area contributed by atoms with Crippen LogP contribution in [-0.2, 0) is 4.79 Å². The van der Waals surface area contributed by atoms with E-state index in [1.807, 2.05) is 13.0 Å². The third kappa shape index (κ3) is 3.15. The van der Waals surface area contributed by atoms with E-state index in [-0.39, 0.29) is 11.8 Å². The molecule has 0 aliphatic carbocycles. The van der Waals surface area contributed by atoms with Crippen LogP contribution in [0.15, 0.2) is 6.07 Å². The second-order valence-corrected chi connectivity index (χ2v) is 6.26. The minimum atomic E-state index is 0.0682. The van der Waals surface area contributed by atoms with Gasteiger partial charge in [0.1, 0.15) is 5.82 Å². The average Bonchev–Trinajstić information content (AvgIpc) is 3.04. The lowest BCUT2D eigenvalue weighted by molar-refractivity contribution is -0.123. The van der Waals surface area contributed by atoms with E-state index in [9.17, 15) is 4.79 Å². The third-order valence-corrected chi connectivity index (χ3v) is 4.60. The molecule has 3 rings (SSSR count). The van der Waals surface area contributed by atoms with Crippen LogP contribution in [0.2, 0.25) is 0 Å². The van der Waals surface area contributed by atoms with Gasteiger partial charge in [0.05, 0.1) is 5.92 Å². The fraction of sp³-hybridized carbons (Fsp3) is 0.688. The Labute approximate surface area is 131 Å². The van der Waals surface area contributed by atoms with Gasteiger partial charge in [0, 0.05) is 45.0 Å². The number of aromatic nitrogens is 2. The molecule has 6 heteroatoms. The van der Waals surface area contributed by atoms with Crippen LogP contribution in [0.5, 0.6) is 0 Å². The predicted molar refractivity (Wildman–Crippen MR) is 87.2 cm³/mol. The summed E-state index contributed by atoms with van der Waals surface area (Å²) in [5.41, 5.74) is 0.994. The highest BCUT2D eigenvalue weighted by atomic mass is 16.1. The van der Waals surface area contributed by atoms with E-state index < -0.39 is 0 Å². The first kappa shape index (κ1) is 15.1.